The molecule has 0 atom stereocenters. The number of benzene rings is 1. The minimum Gasteiger partial charge on any atom is -0.348 e. The molecule has 2 aliphatic rings. The van der Waals surface area contributed by atoms with Gasteiger partial charge in [-0.1, -0.05) is 19.8 Å². The van der Waals surface area contributed by atoms with Gasteiger partial charge in [0.15, 0.2) is 6.29 Å². The lowest BCUT2D eigenvalue weighted by Crippen LogP contribution is -2.33. The van der Waals surface area contributed by atoms with Gasteiger partial charge in [-0.2, -0.15) is 0 Å². The molecule has 0 spiro atoms. The van der Waals surface area contributed by atoms with Crippen molar-refractivity contribution in [3.8, 4) is 0 Å². The molecule has 1 saturated heterocycles. The number of ether oxygens (including phenoxy) is 2. The van der Waals surface area contributed by atoms with Crippen LogP contribution in [0.2, 0.25) is 0 Å². The first-order chi connectivity index (χ1) is 10.5. The zero-order chi connectivity index (χ0) is 15.7. The van der Waals surface area contributed by atoms with Gasteiger partial charge >= 0.3 is 0 Å². The van der Waals surface area contributed by atoms with Crippen LogP contribution in [0.25, 0.3) is 0 Å². The number of halogens is 2. The molecule has 0 amide bonds. The first-order valence-electron chi connectivity index (χ1n) is 8.08. The highest BCUT2D eigenvalue weighted by Gasteiger charge is 2.32. The van der Waals surface area contributed by atoms with Gasteiger partial charge in [0.1, 0.15) is 11.6 Å². The third kappa shape index (κ3) is 3.33. The Balaban J connectivity index is 1.60. The fourth-order valence-corrected chi connectivity index (χ4v) is 3.27. The molecule has 1 aliphatic heterocycles. The summed E-state index contributed by atoms with van der Waals surface area (Å²) in [4.78, 5) is 0. The summed E-state index contributed by atoms with van der Waals surface area (Å²) in [6, 6.07) is 2.61. The summed E-state index contributed by atoms with van der Waals surface area (Å²) in [5.41, 5.74) is 0.450. The molecule has 121 valence electrons. The van der Waals surface area contributed by atoms with Gasteiger partial charge in [-0.25, -0.2) is 8.78 Å². The number of hydrogen-bond donors (Lipinski definition) is 0. The van der Waals surface area contributed by atoms with Crippen LogP contribution in [-0.4, -0.2) is 13.2 Å². The van der Waals surface area contributed by atoms with Crippen molar-refractivity contribution in [1.29, 1.82) is 0 Å². The molecular formula is C18H23F2O2. The Morgan fingerprint density at radius 1 is 1.00 bits per heavy atom. The zero-order valence-electron chi connectivity index (χ0n) is 13.2. The molecule has 0 unspecified atom stereocenters. The lowest BCUT2D eigenvalue weighted by molar-refractivity contribution is -0.203. The molecule has 1 aromatic carbocycles. The van der Waals surface area contributed by atoms with Crippen molar-refractivity contribution in [2.45, 2.75) is 45.8 Å². The van der Waals surface area contributed by atoms with E-state index in [0.717, 1.165) is 18.8 Å². The maximum absolute atomic E-state index is 13.6. The van der Waals surface area contributed by atoms with Gasteiger partial charge < -0.3 is 9.47 Å². The molecule has 1 aliphatic carbocycles. The van der Waals surface area contributed by atoms with E-state index in [0.29, 0.717) is 24.7 Å². The Kier molecular flexibility index (Phi) is 4.79. The molecule has 1 saturated carbocycles. The molecule has 0 N–H and O–H groups in total. The minimum atomic E-state index is -0.663. The molecule has 3 rings (SSSR count). The van der Waals surface area contributed by atoms with Crippen molar-refractivity contribution in [3.05, 3.63) is 40.8 Å². The van der Waals surface area contributed by atoms with Crippen LogP contribution in [-0.2, 0) is 9.47 Å². The van der Waals surface area contributed by atoms with E-state index in [-0.39, 0.29) is 5.56 Å². The normalized spacial score (nSPS) is 28.0. The summed E-state index contributed by atoms with van der Waals surface area (Å²) >= 11 is 0. The number of rotatable bonds is 2. The lowest BCUT2D eigenvalue weighted by Gasteiger charge is -2.36. The maximum atomic E-state index is 13.6. The average Bonchev–Trinajstić information content (AvgIpc) is 2.53. The van der Waals surface area contributed by atoms with Crippen LogP contribution in [0.5, 0.6) is 0 Å². The fraction of sp³-hybridized carbons (Fsp3) is 0.611. The van der Waals surface area contributed by atoms with Gasteiger partial charge in [-0.15, -0.1) is 0 Å². The summed E-state index contributed by atoms with van der Waals surface area (Å²) in [5.74, 6) is 1.54. The highest BCUT2D eigenvalue weighted by atomic mass is 19.1. The highest BCUT2D eigenvalue weighted by Crippen LogP contribution is 2.38. The zero-order valence-corrected chi connectivity index (χ0v) is 13.2. The third-order valence-corrected chi connectivity index (χ3v) is 4.97. The summed E-state index contributed by atoms with van der Waals surface area (Å²) in [6.45, 7) is 4.87. The monoisotopic (exact) mass is 309 g/mol. The topological polar surface area (TPSA) is 18.5 Å². The fourth-order valence-electron chi connectivity index (χ4n) is 3.27. The Hall–Kier alpha value is -1.00. The van der Waals surface area contributed by atoms with E-state index < -0.39 is 17.9 Å². The number of hydrogen-bond acceptors (Lipinski definition) is 2. The van der Waals surface area contributed by atoms with E-state index in [1.807, 2.05) is 0 Å². The van der Waals surface area contributed by atoms with Crippen LogP contribution >= 0.6 is 0 Å². The quantitative estimate of drug-likeness (QED) is 0.787. The van der Waals surface area contributed by atoms with Gasteiger partial charge in [0, 0.05) is 17.0 Å². The average molecular weight is 309 g/mol. The van der Waals surface area contributed by atoms with E-state index in [1.165, 1.54) is 37.8 Å². The Bertz CT molecular complexity index is 493. The molecule has 0 bridgehead atoms. The molecule has 2 fully saturated rings. The Labute approximate surface area is 130 Å². The van der Waals surface area contributed by atoms with Crippen molar-refractivity contribution in [3.63, 3.8) is 0 Å². The first-order valence-corrected chi connectivity index (χ1v) is 8.08. The second-order valence-corrected chi connectivity index (χ2v) is 6.65. The summed E-state index contributed by atoms with van der Waals surface area (Å²) in [6.07, 6.45) is 4.12. The molecule has 4 heteroatoms. The van der Waals surface area contributed by atoms with Gasteiger partial charge in [0.25, 0.3) is 0 Å². The molecule has 2 nitrogen and oxygen atoms in total. The summed E-state index contributed by atoms with van der Waals surface area (Å²) in [7, 11) is 0. The van der Waals surface area contributed by atoms with Crippen molar-refractivity contribution in [2.24, 2.45) is 11.8 Å². The van der Waals surface area contributed by atoms with Gasteiger partial charge in [-0.05, 0) is 43.7 Å². The third-order valence-electron chi connectivity index (χ3n) is 4.97. The molecule has 22 heavy (non-hydrogen) atoms. The molecular weight excluding hydrogens is 286 g/mol. The van der Waals surface area contributed by atoms with Crippen LogP contribution in [0.4, 0.5) is 8.78 Å². The van der Waals surface area contributed by atoms with Crippen molar-refractivity contribution in [1.82, 2.24) is 0 Å². The van der Waals surface area contributed by atoms with Crippen molar-refractivity contribution < 1.29 is 18.3 Å². The smallest absolute Gasteiger partial charge is 0.184 e. The van der Waals surface area contributed by atoms with Gasteiger partial charge in [0.2, 0.25) is 0 Å². The van der Waals surface area contributed by atoms with E-state index in [4.69, 9.17) is 9.47 Å². The van der Waals surface area contributed by atoms with Gasteiger partial charge in [-0.3, -0.25) is 0 Å². The minimum absolute atomic E-state index is 0.0318. The predicted molar refractivity (Wildman–Crippen MR) is 80.1 cm³/mol. The van der Waals surface area contributed by atoms with E-state index in [9.17, 15) is 8.78 Å². The molecule has 1 heterocycles. The van der Waals surface area contributed by atoms with E-state index in [2.05, 4.69) is 6.92 Å². The summed E-state index contributed by atoms with van der Waals surface area (Å²) in [5, 5.41) is 0. The maximum Gasteiger partial charge on any atom is 0.184 e. The largest absolute Gasteiger partial charge is 0.348 e. The first kappa shape index (κ1) is 15.9. The second-order valence-electron chi connectivity index (χ2n) is 6.65. The predicted octanol–water partition coefficient (Wildman–Crippen LogP) is 4.72. The van der Waals surface area contributed by atoms with Crippen molar-refractivity contribution in [2.75, 3.05) is 13.2 Å². The van der Waals surface area contributed by atoms with Crippen LogP contribution in [0, 0.1) is 36.3 Å². The van der Waals surface area contributed by atoms with Crippen molar-refractivity contribution >= 4 is 0 Å². The van der Waals surface area contributed by atoms with Crippen LogP contribution in [0.15, 0.2) is 12.1 Å². The lowest BCUT2D eigenvalue weighted by atomic mass is 9.76. The highest BCUT2D eigenvalue weighted by molar-refractivity contribution is 5.26. The van der Waals surface area contributed by atoms with Crippen LogP contribution < -0.4 is 0 Å². The SMILES string of the molecule is Cc1c(F)cc(C2OCC([C]3CCC(C)CC3)CO2)cc1F. The van der Waals surface area contributed by atoms with Crippen LogP contribution in [0.1, 0.15) is 50.0 Å². The standard InChI is InChI=1S/C18H23F2O2/c1-11-3-5-13(6-4-11)15-9-21-18(22-10-15)14-7-16(19)12(2)17(20)8-14/h7-8,11,15,18H,3-6,9-10H2,1-2H3. The molecule has 0 aromatic heterocycles. The Morgan fingerprint density at radius 3 is 2.09 bits per heavy atom. The summed E-state index contributed by atoms with van der Waals surface area (Å²) < 4.78 is 38.7. The van der Waals surface area contributed by atoms with E-state index >= 15 is 0 Å². The van der Waals surface area contributed by atoms with Crippen LogP contribution in [0.3, 0.4) is 0 Å². The van der Waals surface area contributed by atoms with Gasteiger partial charge in [0.05, 0.1) is 13.2 Å². The van der Waals surface area contributed by atoms with E-state index in [1.54, 1.807) is 0 Å². The molecule has 1 radical (unpaired) electrons. The molecule has 1 aromatic rings. The Morgan fingerprint density at radius 2 is 1.55 bits per heavy atom. The second kappa shape index (κ2) is 6.63.